The molecule has 4 nitrogen and oxygen atoms in total. The second kappa shape index (κ2) is 4.70. The fourth-order valence-electron chi connectivity index (χ4n) is 2.84. The van der Waals surface area contributed by atoms with Gasteiger partial charge in [-0.2, -0.15) is 0 Å². The minimum Gasteiger partial charge on any atom is -0.396 e. The zero-order chi connectivity index (χ0) is 13.4. The molecule has 0 aliphatic carbocycles. The number of nitrogens with two attached hydrogens (primary N) is 1. The highest BCUT2D eigenvalue weighted by Gasteiger charge is 2.27. The van der Waals surface area contributed by atoms with Crippen molar-refractivity contribution in [1.29, 1.82) is 0 Å². The maximum absolute atomic E-state index is 9.69. The molecule has 4 heteroatoms. The van der Waals surface area contributed by atoms with E-state index in [1.54, 1.807) is 6.20 Å². The molecule has 1 fully saturated rings. The maximum Gasteiger partial charge on any atom is 0.0724 e. The van der Waals surface area contributed by atoms with E-state index < -0.39 is 0 Å². The Morgan fingerprint density at radius 2 is 2.26 bits per heavy atom. The highest BCUT2D eigenvalue weighted by atomic mass is 16.3. The molecule has 1 aromatic heterocycles. The van der Waals surface area contributed by atoms with Gasteiger partial charge in [-0.05, 0) is 37.6 Å². The Morgan fingerprint density at radius 3 is 3.00 bits per heavy atom. The summed E-state index contributed by atoms with van der Waals surface area (Å²) in [5.74, 6) is 0.337. The number of anilines is 2. The second-order valence-corrected chi connectivity index (χ2v) is 5.30. The van der Waals surface area contributed by atoms with E-state index in [-0.39, 0.29) is 6.10 Å². The lowest BCUT2D eigenvalue weighted by Crippen LogP contribution is -2.24. The third-order valence-corrected chi connectivity index (χ3v) is 4.05. The van der Waals surface area contributed by atoms with Crippen LogP contribution in [-0.4, -0.2) is 29.3 Å². The van der Waals surface area contributed by atoms with Crippen LogP contribution in [0.2, 0.25) is 0 Å². The molecule has 19 heavy (non-hydrogen) atoms. The molecule has 1 aromatic carbocycles. The predicted octanol–water partition coefficient (Wildman–Crippen LogP) is 2.02. The molecule has 0 spiro atoms. The normalized spacial score (nSPS) is 20.9. The largest absolute Gasteiger partial charge is 0.396 e. The van der Waals surface area contributed by atoms with Gasteiger partial charge in [0.15, 0.2) is 0 Å². The molecule has 1 saturated heterocycles. The molecule has 3 rings (SSSR count). The Kier molecular flexibility index (Phi) is 3.03. The lowest BCUT2D eigenvalue weighted by molar-refractivity contribution is 0.136. The van der Waals surface area contributed by atoms with E-state index in [4.69, 9.17) is 5.73 Å². The molecule has 2 unspecified atom stereocenters. The van der Waals surface area contributed by atoms with Crippen LogP contribution in [0.1, 0.15) is 13.3 Å². The monoisotopic (exact) mass is 257 g/mol. The summed E-state index contributed by atoms with van der Waals surface area (Å²) < 4.78 is 0. The van der Waals surface area contributed by atoms with Gasteiger partial charge in [-0.3, -0.25) is 4.98 Å². The van der Waals surface area contributed by atoms with Crippen molar-refractivity contribution in [2.45, 2.75) is 19.4 Å². The van der Waals surface area contributed by atoms with E-state index >= 15 is 0 Å². The van der Waals surface area contributed by atoms with Gasteiger partial charge in [-0.25, -0.2) is 0 Å². The number of fused-ring (bicyclic) bond motifs is 1. The lowest BCUT2D eigenvalue weighted by atomic mass is 10.0. The first-order valence-electron chi connectivity index (χ1n) is 6.73. The summed E-state index contributed by atoms with van der Waals surface area (Å²) >= 11 is 0. The van der Waals surface area contributed by atoms with E-state index in [1.165, 1.54) is 0 Å². The van der Waals surface area contributed by atoms with Gasteiger partial charge in [-0.1, -0.05) is 0 Å². The average Bonchev–Trinajstić information content (AvgIpc) is 2.89. The highest BCUT2D eigenvalue weighted by Crippen LogP contribution is 2.34. The van der Waals surface area contributed by atoms with Crippen LogP contribution in [0.15, 0.2) is 30.5 Å². The quantitative estimate of drug-likeness (QED) is 0.808. The number of nitrogen functional groups attached to an aromatic ring is 1. The van der Waals surface area contributed by atoms with E-state index in [9.17, 15) is 5.11 Å². The third-order valence-electron chi connectivity index (χ3n) is 4.05. The Bertz CT molecular complexity index is 597. The van der Waals surface area contributed by atoms with E-state index in [1.807, 2.05) is 31.2 Å². The fourth-order valence-corrected chi connectivity index (χ4v) is 2.84. The van der Waals surface area contributed by atoms with Gasteiger partial charge in [0.2, 0.25) is 0 Å². The summed E-state index contributed by atoms with van der Waals surface area (Å²) in [5.41, 5.74) is 9.05. The summed E-state index contributed by atoms with van der Waals surface area (Å²) in [6.45, 7) is 3.68. The first-order valence-corrected chi connectivity index (χ1v) is 6.73. The minimum absolute atomic E-state index is 0.256. The molecule has 1 aliphatic heterocycles. The highest BCUT2D eigenvalue weighted by molar-refractivity contribution is 5.97. The predicted molar refractivity (Wildman–Crippen MR) is 78.2 cm³/mol. The molecule has 0 bridgehead atoms. The molecule has 100 valence electrons. The van der Waals surface area contributed by atoms with Gasteiger partial charge in [0.1, 0.15) is 0 Å². The Morgan fingerprint density at radius 1 is 1.42 bits per heavy atom. The number of aromatic nitrogens is 1. The van der Waals surface area contributed by atoms with Crippen molar-refractivity contribution in [1.82, 2.24) is 4.98 Å². The van der Waals surface area contributed by atoms with E-state index in [0.717, 1.165) is 41.8 Å². The number of benzene rings is 1. The Labute approximate surface area is 112 Å². The molecule has 0 radical (unpaired) electrons. The number of pyridine rings is 1. The summed E-state index contributed by atoms with van der Waals surface area (Å²) in [7, 11) is 0. The zero-order valence-corrected chi connectivity index (χ0v) is 11.1. The molecule has 1 aliphatic rings. The summed E-state index contributed by atoms with van der Waals surface area (Å²) in [5, 5.41) is 10.7. The van der Waals surface area contributed by atoms with E-state index in [0.29, 0.717) is 5.92 Å². The fraction of sp³-hybridized carbons (Fsp3) is 0.400. The van der Waals surface area contributed by atoms with Crippen LogP contribution >= 0.6 is 0 Å². The van der Waals surface area contributed by atoms with Crippen molar-refractivity contribution in [2.75, 3.05) is 23.7 Å². The minimum atomic E-state index is -0.256. The molecule has 0 saturated carbocycles. The van der Waals surface area contributed by atoms with Gasteiger partial charge in [-0.15, -0.1) is 0 Å². The second-order valence-electron chi connectivity index (χ2n) is 5.30. The summed E-state index contributed by atoms with van der Waals surface area (Å²) in [4.78, 5) is 6.58. The van der Waals surface area contributed by atoms with Crippen LogP contribution in [0, 0.1) is 5.92 Å². The molecular formula is C15H19N3O. The number of hydrogen-bond acceptors (Lipinski definition) is 4. The smallest absolute Gasteiger partial charge is 0.0724 e. The van der Waals surface area contributed by atoms with Gasteiger partial charge in [0.25, 0.3) is 0 Å². The van der Waals surface area contributed by atoms with Gasteiger partial charge < -0.3 is 15.7 Å². The standard InChI is InChI=1S/C15H19N3O/c1-10(19)11-6-8-18(9-11)14-5-4-13-12(15(14)16)3-2-7-17-13/h2-5,7,10-11,19H,6,8-9,16H2,1H3. The first kappa shape index (κ1) is 12.2. The summed E-state index contributed by atoms with van der Waals surface area (Å²) in [6.07, 6.45) is 2.54. The molecule has 2 heterocycles. The molecular weight excluding hydrogens is 238 g/mol. The van der Waals surface area contributed by atoms with Crippen molar-refractivity contribution >= 4 is 22.3 Å². The van der Waals surface area contributed by atoms with Gasteiger partial charge in [0.05, 0.1) is 23.0 Å². The SMILES string of the molecule is CC(O)C1CCN(c2ccc3ncccc3c2N)C1. The Hall–Kier alpha value is -1.81. The number of nitrogens with zero attached hydrogens (tertiary/aromatic N) is 2. The number of aliphatic hydroxyl groups excluding tert-OH is 1. The maximum atomic E-state index is 9.69. The zero-order valence-electron chi connectivity index (χ0n) is 11.1. The molecule has 2 aromatic rings. The topological polar surface area (TPSA) is 62.4 Å². The third kappa shape index (κ3) is 2.12. The lowest BCUT2D eigenvalue weighted by Gasteiger charge is -2.22. The first-order chi connectivity index (χ1) is 9.16. The number of hydrogen-bond donors (Lipinski definition) is 2. The van der Waals surface area contributed by atoms with Crippen molar-refractivity contribution in [3.63, 3.8) is 0 Å². The molecule has 0 amide bonds. The van der Waals surface area contributed by atoms with Crippen LogP contribution in [-0.2, 0) is 0 Å². The van der Waals surface area contributed by atoms with Crippen molar-refractivity contribution in [3.05, 3.63) is 30.5 Å². The van der Waals surface area contributed by atoms with E-state index in [2.05, 4.69) is 9.88 Å². The van der Waals surface area contributed by atoms with Gasteiger partial charge in [0, 0.05) is 30.6 Å². The van der Waals surface area contributed by atoms with Crippen LogP contribution < -0.4 is 10.6 Å². The van der Waals surface area contributed by atoms with Crippen molar-refractivity contribution in [2.24, 2.45) is 5.92 Å². The Balaban J connectivity index is 1.96. The molecule has 3 N–H and O–H groups in total. The van der Waals surface area contributed by atoms with Crippen LogP contribution in [0.3, 0.4) is 0 Å². The number of rotatable bonds is 2. The number of aliphatic hydroxyl groups is 1. The van der Waals surface area contributed by atoms with Crippen LogP contribution in [0.25, 0.3) is 10.9 Å². The average molecular weight is 257 g/mol. The van der Waals surface area contributed by atoms with Crippen molar-refractivity contribution < 1.29 is 5.11 Å². The van der Waals surface area contributed by atoms with Crippen LogP contribution in [0.5, 0.6) is 0 Å². The van der Waals surface area contributed by atoms with Crippen LogP contribution in [0.4, 0.5) is 11.4 Å². The molecule has 2 atom stereocenters. The van der Waals surface area contributed by atoms with Gasteiger partial charge >= 0.3 is 0 Å². The van der Waals surface area contributed by atoms with Crippen molar-refractivity contribution in [3.8, 4) is 0 Å². The summed E-state index contributed by atoms with van der Waals surface area (Å²) in [6, 6.07) is 7.96.